The average molecular weight is 384 g/mol. The van der Waals surface area contributed by atoms with Crippen LogP contribution in [0.3, 0.4) is 0 Å². The van der Waals surface area contributed by atoms with E-state index in [0.29, 0.717) is 0 Å². The fourth-order valence-electron chi connectivity index (χ4n) is 3.07. The predicted molar refractivity (Wildman–Crippen MR) is 96.5 cm³/mol. The molecule has 0 aliphatic carbocycles. The van der Waals surface area contributed by atoms with Gasteiger partial charge in [-0.25, -0.2) is 4.39 Å². The van der Waals surface area contributed by atoms with Gasteiger partial charge in [-0.2, -0.15) is 0 Å². The average Bonchev–Trinajstić information content (AvgIpc) is 2.53. The second kappa shape index (κ2) is 7.67. The molecular weight excluding hydrogens is 359 g/mol. The van der Waals surface area contributed by atoms with E-state index in [-0.39, 0.29) is 43.8 Å². The van der Waals surface area contributed by atoms with Gasteiger partial charge in [-0.15, -0.1) is 0 Å². The van der Waals surface area contributed by atoms with Crippen molar-refractivity contribution in [3.63, 3.8) is 0 Å². The van der Waals surface area contributed by atoms with E-state index in [0.717, 1.165) is 6.07 Å². The van der Waals surface area contributed by atoms with Gasteiger partial charge < -0.3 is 19.5 Å². The molecule has 1 fully saturated rings. The van der Waals surface area contributed by atoms with Gasteiger partial charge in [-0.1, -0.05) is 0 Å². The topological polar surface area (TPSA) is 102 Å². The fourth-order valence-corrected chi connectivity index (χ4v) is 3.07. The minimum absolute atomic E-state index is 0.0361. The van der Waals surface area contributed by atoms with Crippen molar-refractivity contribution in [3.8, 4) is 5.75 Å². The van der Waals surface area contributed by atoms with Gasteiger partial charge >= 0.3 is 11.7 Å². The Kier molecular flexibility index (Phi) is 5.94. The van der Waals surface area contributed by atoms with E-state index in [2.05, 4.69) is 0 Å². The number of nitrogens with zero attached hydrogens (tertiary/aromatic N) is 2. The van der Waals surface area contributed by atoms with Crippen LogP contribution >= 0.6 is 0 Å². The monoisotopic (exact) mass is 384 g/mol. The first-order valence-electron chi connectivity index (χ1n) is 8.65. The third-order valence-corrected chi connectivity index (χ3v) is 4.37. The van der Waals surface area contributed by atoms with Crippen LogP contribution in [0.1, 0.15) is 40.0 Å². The minimum atomic E-state index is -1.22. The Morgan fingerprint density at radius 1 is 1.37 bits per heavy atom. The molecule has 8 nitrogen and oxygen atoms in total. The number of carbonyl (C=O) groups is 1. The van der Waals surface area contributed by atoms with E-state index in [1.807, 2.05) is 0 Å². The lowest BCUT2D eigenvalue weighted by Crippen LogP contribution is -2.46. The number of anilines is 1. The highest BCUT2D eigenvalue weighted by Crippen LogP contribution is 2.37. The van der Waals surface area contributed by atoms with Crippen molar-refractivity contribution >= 4 is 17.3 Å². The SMILES string of the molecule is COc1cc(N2CCC(O)(CC(=O)OC(C)(C)C)CC2)c(F)cc1[N+](=O)[O-]. The van der Waals surface area contributed by atoms with Gasteiger partial charge in [0.05, 0.1) is 35.8 Å². The molecule has 1 aliphatic rings. The van der Waals surface area contributed by atoms with E-state index >= 15 is 0 Å². The molecule has 2 rings (SSSR count). The number of aliphatic hydroxyl groups is 1. The van der Waals surface area contributed by atoms with Crippen LogP contribution in [0.5, 0.6) is 5.75 Å². The number of esters is 1. The zero-order valence-corrected chi connectivity index (χ0v) is 16.0. The van der Waals surface area contributed by atoms with Gasteiger partial charge in [-0.3, -0.25) is 14.9 Å². The van der Waals surface area contributed by atoms with Crippen molar-refractivity contribution in [3.05, 3.63) is 28.1 Å². The summed E-state index contributed by atoms with van der Waals surface area (Å²) >= 11 is 0. The summed E-state index contributed by atoms with van der Waals surface area (Å²) in [6.07, 6.45) is 0.347. The van der Waals surface area contributed by atoms with E-state index in [4.69, 9.17) is 9.47 Å². The Hall–Kier alpha value is -2.42. The lowest BCUT2D eigenvalue weighted by Gasteiger charge is -2.39. The Labute approximate surface area is 157 Å². The molecule has 1 saturated heterocycles. The number of rotatable bonds is 5. The van der Waals surface area contributed by atoms with E-state index in [1.54, 1.807) is 25.7 Å². The maximum Gasteiger partial charge on any atom is 0.313 e. The molecular formula is C18H25FN2O6. The molecule has 1 aromatic rings. The standard InChI is InChI=1S/C18H25FN2O6/c1-17(2,3)27-16(22)11-18(23)5-7-20(8-6-18)13-10-15(26-4)14(21(24)25)9-12(13)19/h9-10,23H,5-8,11H2,1-4H3. The highest BCUT2D eigenvalue weighted by atomic mass is 19.1. The van der Waals surface area contributed by atoms with Gasteiger partial charge in [0, 0.05) is 19.2 Å². The van der Waals surface area contributed by atoms with Gasteiger partial charge in [0.15, 0.2) is 11.6 Å². The molecule has 0 atom stereocenters. The van der Waals surface area contributed by atoms with Crippen LogP contribution in [0.2, 0.25) is 0 Å². The number of nitro benzene ring substituents is 1. The number of halogens is 1. The Morgan fingerprint density at radius 2 is 1.96 bits per heavy atom. The van der Waals surface area contributed by atoms with Crippen LogP contribution in [0, 0.1) is 15.9 Å². The molecule has 1 aliphatic heterocycles. The molecule has 150 valence electrons. The summed E-state index contributed by atoms with van der Waals surface area (Å²) in [6.45, 7) is 5.83. The Bertz CT molecular complexity index is 723. The molecule has 9 heteroatoms. The third-order valence-electron chi connectivity index (χ3n) is 4.37. The van der Waals surface area contributed by atoms with Crippen LogP contribution in [-0.4, -0.2) is 47.4 Å². The van der Waals surface area contributed by atoms with E-state index in [1.165, 1.54) is 13.2 Å². The molecule has 0 saturated carbocycles. The van der Waals surface area contributed by atoms with E-state index in [9.17, 15) is 24.4 Å². The number of hydrogen-bond acceptors (Lipinski definition) is 7. The third kappa shape index (κ3) is 5.29. The van der Waals surface area contributed by atoms with Crippen molar-refractivity contribution in [2.75, 3.05) is 25.1 Å². The summed E-state index contributed by atoms with van der Waals surface area (Å²) in [6, 6.07) is 2.11. The van der Waals surface area contributed by atoms with Crippen LogP contribution in [0.25, 0.3) is 0 Å². The van der Waals surface area contributed by atoms with Gasteiger partial charge in [0.1, 0.15) is 5.60 Å². The second-order valence-electron chi connectivity index (χ2n) is 7.71. The van der Waals surface area contributed by atoms with Gasteiger partial charge in [-0.05, 0) is 33.6 Å². The summed E-state index contributed by atoms with van der Waals surface area (Å²) in [5.41, 5.74) is -2.14. The van der Waals surface area contributed by atoms with Crippen LogP contribution in [0.4, 0.5) is 15.8 Å². The fraction of sp³-hybridized carbons (Fsp3) is 0.611. The Morgan fingerprint density at radius 3 is 2.44 bits per heavy atom. The number of piperidine rings is 1. The molecule has 0 amide bonds. The lowest BCUT2D eigenvalue weighted by molar-refractivity contribution is -0.385. The predicted octanol–water partition coefficient (Wildman–Crippen LogP) is 2.81. The normalized spacial score (nSPS) is 16.7. The number of benzene rings is 1. The summed E-state index contributed by atoms with van der Waals surface area (Å²) < 4.78 is 24.6. The zero-order valence-electron chi connectivity index (χ0n) is 16.0. The maximum absolute atomic E-state index is 14.4. The molecule has 0 aromatic heterocycles. The molecule has 27 heavy (non-hydrogen) atoms. The number of methoxy groups -OCH3 is 1. The number of carbonyl (C=O) groups excluding carboxylic acids is 1. The largest absolute Gasteiger partial charge is 0.490 e. The molecule has 0 unspecified atom stereocenters. The molecule has 0 spiro atoms. The second-order valence-corrected chi connectivity index (χ2v) is 7.71. The highest BCUT2D eigenvalue weighted by Gasteiger charge is 2.37. The molecule has 1 N–H and O–H groups in total. The van der Waals surface area contributed by atoms with Gasteiger partial charge in [0.25, 0.3) is 0 Å². The summed E-state index contributed by atoms with van der Waals surface area (Å²) in [7, 11) is 1.28. The summed E-state index contributed by atoms with van der Waals surface area (Å²) in [5.74, 6) is -1.26. The quantitative estimate of drug-likeness (QED) is 0.473. The first-order valence-corrected chi connectivity index (χ1v) is 8.65. The van der Waals surface area contributed by atoms with Crippen molar-refractivity contribution in [1.82, 2.24) is 0 Å². The van der Waals surface area contributed by atoms with Crippen LogP contribution < -0.4 is 9.64 Å². The first-order chi connectivity index (χ1) is 12.4. The van der Waals surface area contributed by atoms with Crippen molar-refractivity contribution in [2.24, 2.45) is 0 Å². The van der Waals surface area contributed by atoms with Crippen LogP contribution in [0.15, 0.2) is 12.1 Å². The molecule has 1 aromatic carbocycles. The maximum atomic E-state index is 14.4. The Balaban J connectivity index is 2.09. The number of ether oxygens (including phenoxy) is 2. The molecule has 1 heterocycles. The molecule has 0 radical (unpaired) electrons. The smallest absolute Gasteiger partial charge is 0.313 e. The lowest BCUT2D eigenvalue weighted by atomic mass is 9.88. The minimum Gasteiger partial charge on any atom is -0.490 e. The van der Waals surface area contributed by atoms with Crippen molar-refractivity contribution in [1.29, 1.82) is 0 Å². The van der Waals surface area contributed by atoms with Gasteiger partial charge in [0.2, 0.25) is 0 Å². The van der Waals surface area contributed by atoms with E-state index < -0.39 is 33.6 Å². The van der Waals surface area contributed by atoms with Crippen molar-refractivity contribution < 1.29 is 28.7 Å². The zero-order chi connectivity index (χ0) is 20.4. The molecule has 0 bridgehead atoms. The highest BCUT2D eigenvalue weighted by molar-refractivity contribution is 5.71. The summed E-state index contributed by atoms with van der Waals surface area (Å²) in [5, 5.41) is 21.6. The van der Waals surface area contributed by atoms with Crippen molar-refractivity contribution in [2.45, 2.75) is 51.2 Å². The summed E-state index contributed by atoms with van der Waals surface area (Å²) in [4.78, 5) is 23.9. The number of hydrogen-bond donors (Lipinski definition) is 1. The first kappa shape index (κ1) is 20.9. The number of nitro groups is 1. The van der Waals surface area contributed by atoms with Crippen LogP contribution in [-0.2, 0) is 9.53 Å².